The number of hydrogen-bond acceptors (Lipinski definition) is 0. The van der Waals surface area contributed by atoms with Gasteiger partial charge < -0.3 is 0 Å². The average molecular weight is 252 g/mol. The molecule has 0 spiro atoms. The first-order valence-corrected chi connectivity index (χ1v) is 8.00. The summed E-state index contributed by atoms with van der Waals surface area (Å²) >= 11 is 0. The Kier molecular flexibility index (Phi) is 18.3. The normalized spacial score (nSPS) is 11.3. The van der Waals surface area contributed by atoms with Gasteiger partial charge in [0, 0.05) is 12.8 Å². The first-order valence-electron chi connectivity index (χ1n) is 8.00. The van der Waals surface area contributed by atoms with Crippen molar-refractivity contribution in [3.63, 3.8) is 0 Å². The van der Waals surface area contributed by atoms with E-state index in [9.17, 15) is 0 Å². The maximum absolute atomic E-state index is 3.30. The minimum atomic E-state index is 0.802. The molecule has 18 heavy (non-hydrogen) atoms. The molecule has 0 bridgehead atoms. The van der Waals surface area contributed by atoms with E-state index in [2.05, 4.69) is 53.4 Å². The van der Waals surface area contributed by atoms with E-state index in [-0.39, 0.29) is 0 Å². The van der Waals surface area contributed by atoms with E-state index < -0.39 is 0 Å². The summed E-state index contributed by atoms with van der Waals surface area (Å²) in [5.74, 6) is 8.19. The van der Waals surface area contributed by atoms with E-state index in [1.165, 1.54) is 38.5 Å². The van der Waals surface area contributed by atoms with Crippen molar-refractivity contribution >= 4 is 0 Å². The lowest BCUT2D eigenvalue weighted by atomic mass is 10.0. The van der Waals surface area contributed by atoms with Crippen LogP contribution in [0.2, 0.25) is 0 Å². The fourth-order valence-corrected chi connectivity index (χ4v) is 1.44. The first kappa shape index (κ1) is 19.9. The topological polar surface area (TPSA) is 0 Å². The van der Waals surface area contributed by atoms with E-state index in [1.807, 2.05) is 0 Å². The van der Waals surface area contributed by atoms with Crippen LogP contribution in [-0.2, 0) is 0 Å². The quantitative estimate of drug-likeness (QED) is 0.361. The predicted octanol–water partition coefficient (Wildman–Crippen LogP) is 6.45. The average Bonchev–Trinajstić information content (AvgIpc) is 2.28. The van der Waals surface area contributed by atoms with Crippen LogP contribution in [0.25, 0.3) is 0 Å². The van der Waals surface area contributed by atoms with Gasteiger partial charge in [-0.05, 0) is 24.7 Å². The molecule has 0 radical (unpaired) electrons. The minimum Gasteiger partial charge on any atom is -0.103 e. The molecule has 0 aromatic carbocycles. The number of rotatable bonds is 7. The molecule has 1 atom stereocenters. The SMILES string of the molecule is CC(C)C.CCCCC#CCC(C)CCCCC. The highest BCUT2D eigenvalue weighted by Gasteiger charge is 1.98. The zero-order valence-corrected chi connectivity index (χ0v) is 13.8. The van der Waals surface area contributed by atoms with Gasteiger partial charge in [-0.25, -0.2) is 0 Å². The lowest BCUT2D eigenvalue weighted by Crippen LogP contribution is -1.92. The van der Waals surface area contributed by atoms with E-state index >= 15 is 0 Å². The van der Waals surface area contributed by atoms with Crippen LogP contribution in [0.4, 0.5) is 0 Å². The lowest BCUT2D eigenvalue weighted by Gasteiger charge is -2.05. The standard InChI is InChI=1S/C14H26.C4H10/c1-4-6-8-9-11-13-14(3)12-10-7-5-2;1-4(2)3/h14H,4-8,10,12-13H2,1-3H3;4H,1-3H3. The molecule has 0 aromatic heterocycles. The van der Waals surface area contributed by atoms with E-state index in [4.69, 9.17) is 0 Å². The Labute approximate surface area is 117 Å². The van der Waals surface area contributed by atoms with Crippen LogP contribution in [0.15, 0.2) is 0 Å². The van der Waals surface area contributed by atoms with Gasteiger partial charge in [0.05, 0.1) is 0 Å². The minimum absolute atomic E-state index is 0.802. The van der Waals surface area contributed by atoms with Gasteiger partial charge in [0.15, 0.2) is 0 Å². The highest BCUT2D eigenvalue weighted by molar-refractivity contribution is 4.99. The van der Waals surface area contributed by atoms with Crippen molar-refractivity contribution in [2.45, 2.75) is 92.9 Å². The van der Waals surface area contributed by atoms with Crippen LogP contribution < -0.4 is 0 Å². The van der Waals surface area contributed by atoms with Crippen molar-refractivity contribution in [2.24, 2.45) is 11.8 Å². The number of hydrogen-bond donors (Lipinski definition) is 0. The Morgan fingerprint density at radius 3 is 1.83 bits per heavy atom. The summed E-state index contributed by atoms with van der Waals surface area (Å²) in [7, 11) is 0. The van der Waals surface area contributed by atoms with Gasteiger partial charge in [0.2, 0.25) is 0 Å². The zero-order valence-electron chi connectivity index (χ0n) is 13.8. The molecule has 0 N–H and O–H groups in total. The summed E-state index contributed by atoms with van der Waals surface area (Å²) in [5.41, 5.74) is 0. The predicted molar refractivity (Wildman–Crippen MR) is 85.7 cm³/mol. The Balaban J connectivity index is 0. The van der Waals surface area contributed by atoms with Gasteiger partial charge in [-0.2, -0.15) is 0 Å². The lowest BCUT2D eigenvalue weighted by molar-refractivity contribution is 0.506. The molecule has 0 nitrogen and oxygen atoms in total. The highest BCUT2D eigenvalue weighted by Crippen LogP contribution is 2.11. The van der Waals surface area contributed by atoms with Crippen molar-refractivity contribution in [2.75, 3.05) is 0 Å². The van der Waals surface area contributed by atoms with Gasteiger partial charge in [0.25, 0.3) is 0 Å². The van der Waals surface area contributed by atoms with Crippen LogP contribution in [0, 0.1) is 23.7 Å². The van der Waals surface area contributed by atoms with Gasteiger partial charge in [-0.1, -0.05) is 67.2 Å². The third-order valence-electron chi connectivity index (χ3n) is 2.53. The van der Waals surface area contributed by atoms with Crippen LogP contribution in [0.5, 0.6) is 0 Å². The Morgan fingerprint density at radius 1 is 0.778 bits per heavy atom. The molecule has 0 saturated carbocycles. The fraction of sp³-hybridized carbons (Fsp3) is 0.889. The molecule has 0 aromatic rings. The van der Waals surface area contributed by atoms with Crippen molar-refractivity contribution in [3.05, 3.63) is 0 Å². The maximum Gasteiger partial charge on any atom is 0.0114 e. The Hall–Kier alpha value is -0.440. The van der Waals surface area contributed by atoms with Crippen molar-refractivity contribution in [1.82, 2.24) is 0 Å². The molecule has 0 amide bonds. The summed E-state index contributed by atoms with van der Waals surface area (Å²) in [5, 5.41) is 0. The molecule has 0 heteroatoms. The molecule has 1 unspecified atom stereocenters. The van der Waals surface area contributed by atoms with Crippen molar-refractivity contribution < 1.29 is 0 Å². The third-order valence-corrected chi connectivity index (χ3v) is 2.53. The number of unbranched alkanes of at least 4 members (excludes halogenated alkanes) is 4. The Morgan fingerprint density at radius 2 is 1.33 bits per heavy atom. The van der Waals surface area contributed by atoms with E-state index in [0.717, 1.165) is 24.7 Å². The van der Waals surface area contributed by atoms with E-state index in [0.29, 0.717) is 0 Å². The fourth-order valence-electron chi connectivity index (χ4n) is 1.44. The molecule has 0 aliphatic rings. The molecular weight excluding hydrogens is 216 g/mol. The van der Waals surface area contributed by atoms with E-state index in [1.54, 1.807) is 0 Å². The monoisotopic (exact) mass is 252 g/mol. The molecule has 0 fully saturated rings. The molecule has 0 rings (SSSR count). The van der Waals surface area contributed by atoms with Crippen molar-refractivity contribution in [3.8, 4) is 11.8 Å². The Bertz CT molecular complexity index is 189. The second kappa shape index (κ2) is 16.6. The third kappa shape index (κ3) is 24.7. The van der Waals surface area contributed by atoms with Crippen LogP contribution >= 0.6 is 0 Å². The molecule has 0 aliphatic heterocycles. The van der Waals surface area contributed by atoms with Crippen LogP contribution in [-0.4, -0.2) is 0 Å². The summed E-state index contributed by atoms with van der Waals surface area (Å²) < 4.78 is 0. The van der Waals surface area contributed by atoms with Crippen LogP contribution in [0.1, 0.15) is 92.9 Å². The second-order valence-corrected chi connectivity index (χ2v) is 5.99. The largest absolute Gasteiger partial charge is 0.103 e. The summed E-state index contributed by atoms with van der Waals surface area (Å²) in [6.45, 7) is 13.3. The molecule has 0 heterocycles. The van der Waals surface area contributed by atoms with Gasteiger partial charge in [-0.3, -0.25) is 0 Å². The molecule has 0 aliphatic carbocycles. The smallest absolute Gasteiger partial charge is 0.0114 e. The zero-order chi connectivity index (χ0) is 14.2. The van der Waals surface area contributed by atoms with Crippen molar-refractivity contribution in [1.29, 1.82) is 0 Å². The first-order chi connectivity index (χ1) is 8.54. The van der Waals surface area contributed by atoms with Gasteiger partial charge in [-0.15, -0.1) is 11.8 Å². The molecule has 0 saturated heterocycles. The molecular formula is C18H36. The second-order valence-electron chi connectivity index (χ2n) is 5.99. The summed E-state index contributed by atoms with van der Waals surface area (Å²) in [4.78, 5) is 0. The summed E-state index contributed by atoms with van der Waals surface area (Å²) in [6.07, 6.45) is 10.2. The molecule has 108 valence electrons. The van der Waals surface area contributed by atoms with Crippen LogP contribution in [0.3, 0.4) is 0 Å². The van der Waals surface area contributed by atoms with Gasteiger partial charge in [0.1, 0.15) is 0 Å². The maximum atomic E-state index is 3.30. The summed E-state index contributed by atoms with van der Waals surface area (Å²) in [6, 6.07) is 0. The van der Waals surface area contributed by atoms with Gasteiger partial charge >= 0.3 is 0 Å². The highest BCUT2D eigenvalue weighted by atomic mass is 14.0.